The summed E-state index contributed by atoms with van der Waals surface area (Å²) in [5.74, 6) is 0. The molecule has 0 heterocycles. The normalized spacial score (nSPS) is 0. The van der Waals surface area contributed by atoms with Gasteiger partial charge in [-0.25, -0.2) is 0 Å². The van der Waals surface area contributed by atoms with Gasteiger partial charge >= 0.3 is 36.9 Å². The fourth-order valence-electron chi connectivity index (χ4n) is 0. The Balaban J connectivity index is 0. The van der Waals surface area contributed by atoms with Crippen molar-refractivity contribution in [1.82, 2.24) is 0 Å². The maximum atomic E-state index is 0. The first-order chi connectivity index (χ1) is 0. The first-order valence-corrected chi connectivity index (χ1v) is 0. The van der Waals surface area contributed by atoms with Gasteiger partial charge in [-0.15, -0.1) is 0 Å². The van der Waals surface area contributed by atoms with E-state index in [1.54, 1.807) is 0 Å². The van der Waals surface area contributed by atoms with Crippen LogP contribution < -0.4 is 0 Å². The van der Waals surface area contributed by atoms with Gasteiger partial charge in [0.05, 0.1) is 12.4 Å². The third kappa shape index (κ3) is 9.87. The second kappa shape index (κ2) is 25.3. The van der Waals surface area contributed by atoms with E-state index in [0.717, 1.165) is 0 Å². The van der Waals surface area contributed by atoms with Crippen LogP contribution in [0.2, 0.25) is 0 Å². The Morgan fingerprint density at radius 1 is 0.750 bits per heavy atom. The predicted octanol–water partition coefficient (Wildman–Crippen LogP) is -0.773. The van der Waals surface area contributed by atoms with Crippen molar-refractivity contribution in [3.63, 3.8) is 0 Å². The van der Waals surface area contributed by atoms with Gasteiger partial charge in [0.1, 0.15) is 0 Å². The van der Waals surface area contributed by atoms with Gasteiger partial charge < -0.3 is 11.0 Å². The minimum atomic E-state index is 0. The SMILES string of the molecule is [ClH2+].[Lu+3].[O-2].[O-2]. The average molecular weight is 244 g/mol. The number of rotatable bonds is 0. The van der Waals surface area contributed by atoms with E-state index < -0.39 is 0 Å². The predicted molar refractivity (Wildman–Crippen MR) is 4.16 cm³/mol. The molecule has 0 bridgehead atoms. The van der Waals surface area contributed by atoms with E-state index in [4.69, 9.17) is 0 Å². The van der Waals surface area contributed by atoms with Crippen LogP contribution in [0.25, 0.3) is 0 Å². The zero-order valence-electron chi connectivity index (χ0n) is 1.52. The summed E-state index contributed by atoms with van der Waals surface area (Å²) < 4.78 is 0. The summed E-state index contributed by atoms with van der Waals surface area (Å²) in [7, 11) is 0. The molecule has 0 unspecified atom stereocenters. The summed E-state index contributed by atoms with van der Waals surface area (Å²) in [5.41, 5.74) is 0. The van der Waals surface area contributed by atoms with Crippen molar-refractivity contribution in [3.8, 4) is 0 Å². The van der Waals surface area contributed by atoms with E-state index in [1.807, 2.05) is 0 Å². The van der Waals surface area contributed by atoms with Crippen LogP contribution in [0.4, 0.5) is 0 Å². The van der Waals surface area contributed by atoms with E-state index in [2.05, 4.69) is 0 Å². The molecule has 0 aromatic carbocycles. The molecule has 0 fully saturated rings. The van der Waals surface area contributed by atoms with Crippen molar-refractivity contribution in [2.45, 2.75) is 0 Å². The van der Waals surface area contributed by atoms with Crippen LogP contribution in [0.15, 0.2) is 0 Å². The van der Waals surface area contributed by atoms with Gasteiger partial charge in [0.2, 0.25) is 0 Å². The number of halogens is 1. The molecule has 0 saturated carbocycles. The minimum Gasteiger partial charge on any atom is -2.00 e. The van der Waals surface area contributed by atoms with Gasteiger partial charge in [0, 0.05) is 0 Å². The van der Waals surface area contributed by atoms with Crippen LogP contribution >= 0.6 is 0 Å². The number of hydrogen-bond acceptors (Lipinski definition) is 0. The average Bonchev–Trinajstić information content (AvgIpc) is 0. The van der Waals surface area contributed by atoms with Crippen LogP contribution in [-0.2, 0) is 11.0 Å². The van der Waals surface area contributed by atoms with Crippen molar-refractivity contribution in [2.24, 2.45) is 0 Å². The van der Waals surface area contributed by atoms with Crippen molar-refractivity contribution < 1.29 is 60.2 Å². The van der Waals surface area contributed by atoms with E-state index in [9.17, 15) is 0 Å². The molecule has 0 aromatic rings. The minimum absolute atomic E-state index is 0. The Hall–Kier alpha value is 1.44. The summed E-state index contributed by atoms with van der Waals surface area (Å²) in [6, 6.07) is 0. The second-order valence-electron chi connectivity index (χ2n) is 0. The number of hydrogen-bond donors (Lipinski definition) is 0. The Morgan fingerprint density at radius 3 is 0.750 bits per heavy atom. The fourth-order valence-corrected chi connectivity index (χ4v) is 0. The molecule has 0 aliphatic heterocycles. The van der Waals surface area contributed by atoms with Crippen molar-refractivity contribution in [3.05, 3.63) is 0 Å². The third-order valence-electron chi connectivity index (χ3n) is 0. The topological polar surface area (TPSA) is 57.0 Å². The Bertz CT molecular complexity index is 6.00. The van der Waals surface area contributed by atoms with Gasteiger partial charge in [0.15, 0.2) is 0 Å². The van der Waals surface area contributed by atoms with Gasteiger partial charge in [0.25, 0.3) is 0 Å². The summed E-state index contributed by atoms with van der Waals surface area (Å²) in [4.78, 5) is 0. The monoisotopic (exact) mass is 244 g/mol. The van der Waals surface area contributed by atoms with Crippen molar-refractivity contribution in [1.29, 1.82) is 0 Å². The Morgan fingerprint density at radius 2 is 0.750 bits per heavy atom. The van der Waals surface area contributed by atoms with Gasteiger partial charge in [-0.3, -0.25) is 0 Å². The van der Waals surface area contributed by atoms with Crippen LogP contribution in [0.1, 0.15) is 0 Å². The van der Waals surface area contributed by atoms with Crippen LogP contribution in [0.3, 0.4) is 0 Å². The molecule has 0 radical (unpaired) electrons. The third-order valence-corrected chi connectivity index (χ3v) is 0. The van der Waals surface area contributed by atoms with Gasteiger partial charge in [-0.05, 0) is 0 Å². The van der Waals surface area contributed by atoms with Crippen LogP contribution in [-0.4, -0.2) is 0 Å². The Kier molecular flexibility index (Phi) is 326. The fraction of sp³-hybridized carbons (Fsp3) is 0. The maximum Gasteiger partial charge on any atom is 3.00 e. The van der Waals surface area contributed by atoms with E-state index in [0.29, 0.717) is 0 Å². The summed E-state index contributed by atoms with van der Waals surface area (Å²) in [5, 5.41) is 0. The molecule has 4 heteroatoms. The quantitative estimate of drug-likeness (QED) is 0.537. The van der Waals surface area contributed by atoms with Crippen molar-refractivity contribution >= 4 is 0 Å². The maximum absolute atomic E-state index is 0. The van der Waals surface area contributed by atoms with E-state index in [-0.39, 0.29) is 60.2 Å². The van der Waals surface area contributed by atoms with Crippen LogP contribution in [0, 0.1) is 49.3 Å². The molecule has 0 spiro atoms. The molecule has 2 nitrogen and oxygen atoms in total. The molecule has 0 aromatic heterocycles. The van der Waals surface area contributed by atoms with Gasteiger partial charge in [-0.2, -0.15) is 0 Å². The Labute approximate surface area is 59.8 Å². The van der Waals surface area contributed by atoms with E-state index in [1.165, 1.54) is 0 Å². The first kappa shape index (κ1) is 51.6. The molecule has 36 valence electrons. The molecule has 0 aliphatic rings. The van der Waals surface area contributed by atoms with Crippen molar-refractivity contribution in [2.75, 3.05) is 0 Å². The molecule has 0 amide bonds. The van der Waals surface area contributed by atoms with Gasteiger partial charge in [-0.1, -0.05) is 0 Å². The summed E-state index contributed by atoms with van der Waals surface area (Å²) in [6.07, 6.45) is 0. The smallest absolute Gasteiger partial charge is 2.00 e. The zero-order valence-corrected chi connectivity index (χ0v) is 4.07. The standard InChI is InChI=1S/ClH2.Lu.2O/h1H2;;;/q+1;+3;2*-2. The molecule has 4 heavy (non-hydrogen) atoms. The largest absolute Gasteiger partial charge is 3.00 e. The molecule has 0 aliphatic carbocycles. The molecular formula is H2ClLuO2. The molecular weight excluding hydrogens is 242 g/mol. The second-order valence-corrected chi connectivity index (χ2v) is 0. The van der Waals surface area contributed by atoms with E-state index >= 15 is 0 Å². The summed E-state index contributed by atoms with van der Waals surface area (Å²) in [6.45, 7) is 0. The molecule has 0 saturated heterocycles. The van der Waals surface area contributed by atoms with Crippen LogP contribution in [0.5, 0.6) is 0 Å². The summed E-state index contributed by atoms with van der Waals surface area (Å²) >= 11 is 0. The molecule has 0 N–H and O–H groups in total. The first-order valence-electron chi connectivity index (χ1n) is 0. The zero-order chi connectivity index (χ0) is 0. The molecule has 0 rings (SSSR count). The molecule has 0 atom stereocenters.